The molecule has 2 rings (SSSR count). The fourth-order valence-electron chi connectivity index (χ4n) is 2.79. The zero-order chi connectivity index (χ0) is 14.6. The van der Waals surface area contributed by atoms with Crippen molar-refractivity contribution in [3.63, 3.8) is 0 Å². The van der Waals surface area contributed by atoms with E-state index < -0.39 is 5.60 Å². The minimum Gasteiger partial charge on any atom is -0.389 e. The van der Waals surface area contributed by atoms with Gasteiger partial charge in [-0.05, 0) is 69.5 Å². The normalized spacial score (nSPS) is 26.7. The van der Waals surface area contributed by atoms with Gasteiger partial charge in [0.05, 0.1) is 11.3 Å². The van der Waals surface area contributed by atoms with Crippen LogP contribution < -0.4 is 5.32 Å². The first-order chi connectivity index (χ1) is 9.52. The lowest BCUT2D eigenvalue weighted by Crippen LogP contribution is -2.43. The Morgan fingerprint density at radius 2 is 2.10 bits per heavy atom. The number of hydrogen-bond donors (Lipinski definition) is 2. The lowest BCUT2D eigenvalue weighted by Gasteiger charge is -2.36. The van der Waals surface area contributed by atoms with Crippen molar-refractivity contribution < 1.29 is 5.11 Å². The van der Waals surface area contributed by atoms with E-state index in [1.165, 1.54) is 6.42 Å². The molecule has 0 saturated heterocycles. The van der Waals surface area contributed by atoms with Crippen LogP contribution in [-0.4, -0.2) is 22.2 Å². The van der Waals surface area contributed by atoms with Gasteiger partial charge in [-0.1, -0.05) is 13.3 Å². The molecular formula is C15H22Br2N2O. The van der Waals surface area contributed by atoms with Crippen LogP contribution >= 0.6 is 31.9 Å². The molecule has 1 heterocycles. The Morgan fingerprint density at radius 3 is 2.70 bits per heavy atom. The van der Waals surface area contributed by atoms with E-state index in [9.17, 15) is 5.11 Å². The number of aromatic nitrogens is 1. The number of aliphatic hydroxyl groups is 1. The van der Waals surface area contributed by atoms with Gasteiger partial charge in [0, 0.05) is 28.2 Å². The summed E-state index contributed by atoms with van der Waals surface area (Å²) in [5.74, 6) is 0.803. The van der Waals surface area contributed by atoms with Crippen LogP contribution in [0.4, 0.5) is 0 Å². The second-order valence-corrected chi connectivity index (χ2v) is 7.53. The highest BCUT2D eigenvalue weighted by Gasteiger charge is 2.32. The minimum absolute atomic E-state index is 0.534. The van der Waals surface area contributed by atoms with Gasteiger partial charge in [0.1, 0.15) is 0 Å². The van der Waals surface area contributed by atoms with Gasteiger partial charge in [-0.2, -0.15) is 0 Å². The zero-order valence-electron chi connectivity index (χ0n) is 11.8. The summed E-state index contributed by atoms with van der Waals surface area (Å²) >= 11 is 6.90. The van der Waals surface area contributed by atoms with E-state index in [1.807, 2.05) is 6.07 Å². The standard InChI is InChI=1S/C15H22Br2N2O/c1-2-11-3-5-15(20,6-4-11)10-18-9-14-13(17)7-12(16)8-19-14/h7-8,11,18,20H,2-6,9-10H2,1H3. The van der Waals surface area contributed by atoms with Crippen LogP contribution in [0.2, 0.25) is 0 Å². The summed E-state index contributed by atoms with van der Waals surface area (Å²) in [7, 11) is 0. The van der Waals surface area contributed by atoms with Crippen molar-refractivity contribution in [2.45, 2.75) is 51.2 Å². The summed E-state index contributed by atoms with van der Waals surface area (Å²) in [6, 6.07) is 1.99. The Balaban J connectivity index is 1.80. The molecule has 1 aliphatic rings. The number of nitrogens with zero attached hydrogens (tertiary/aromatic N) is 1. The van der Waals surface area contributed by atoms with E-state index >= 15 is 0 Å². The first kappa shape index (κ1) is 16.4. The number of rotatable bonds is 5. The average Bonchev–Trinajstić information content (AvgIpc) is 2.42. The van der Waals surface area contributed by atoms with Gasteiger partial charge < -0.3 is 10.4 Å². The van der Waals surface area contributed by atoms with Gasteiger partial charge in [-0.15, -0.1) is 0 Å². The summed E-state index contributed by atoms with van der Waals surface area (Å²) in [6.07, 6.45) is 7.15. The molecule has 1 saturated carbocycles. The van der Waals surface area contributed by atoms with Crippen molar-refractivity contribution >= 4 is 31.9 Å². The molecule has 0 unspecified atom stereocenters. The van der Waals surface area contributed by atoms with Gasteiger partial charge in [0.25, 0.3) is 0 Å². The van der Waals surface area contributed by atoms with Crippen LogP contribution in [0, 0.1) is 5.92 Å². The Bertz CT molecular complexity index is 445. The number of halogens is 2. The van der Waals surface area contributed by atoms with Crippen LogP contribution in [0.15, 0.2) is 21.2 Å². The van der Waals surface area contributed by atoms with Crippen molar-refractivity contribution in [1.29, 1.82) is 0 Å². The van der Waals surface area contributed by atoms with Gasteiger partial charge >= 0.3 is 0 Å². The molecule has 1 aliphatic carbocycles. The van der Waals surface area contributed by atoms with Crippen LogP contribution in [0.25, 0.3) is 0 Å². The van der Waals surface area contributed by atoms with Crippen LogP contribution in [-0.2, 0) is 6.54 Å². The summed E-state index contributed by atoms with van der Waals surface area (Å²) in [6.45, 7) is 3.56. The predicted molar refractivity (Wildman–Crippen MR) is 88.5 cm³/mol. The lowest BCUT2D eigenvalue weighted by molar-refractivity contribution is -0.00887. The molecule has 3 nitrogen and oxygen atoms in total. The SMILES string of the molecule is CCC1CCC(O)(CNCc2ncc(Br)cc2Br)CC1. The summed E-state index contributed by atoms with van der Waals surface area (Å²) < 4.78 is 1.95. The molecule has 2 N–H and O–H groups in total. The van der Waals surface area contributed by atoms with Crippen LogP contribution in [0.1, 0.15) is 44.7 Å². The maximum absolute atomic E-state index is 10.6. The third kappa shape index (κ3) is 4.52. The van der Waals surface area contributed by atoms with Crippen molar-refractivity contribution in [2.24, 2.45) is 5.92 Å². The van der Waals surface area contributed by atoms with E-state index in [2.05, 4.69) is 49.1 Å². The molecule has 0 bridgehead atoms. The number of pyridine rings is 1. The maximum Gasteiger partial charge on any atom is 0.0771 e. The molecule has 0 radical (unpaired) electrons. The van der Waals surface area contributed by atoms with Gasteiger partial charge in [-0.25, -0.2) is 0 Å². The number of hydrogen-bond acceptors (Lipinski definition) is 3. The first-order valence-electron chi connectivity index (χ1n) is 7.25. The smallest absolute Gasteiger partial charge is 0.0771 e. The van der Waals surface area contributed by atoms with Gasteiger partial charge in [-0.3, -0.25) is 4.98 Å². The summed E-state index contributed by atoms with van der Waals surface area (Å²) in [4.78, 5) is 4.37. The molecule has 0 aromatic carbocycles. The molecule has 0 aliphatic heterocycles. The van der Waals surface area contributed by atoms with E-state index in [4.69, 9.17) is 0 Å². The first-order valence-corrected chi connectivity index (χ1v) is 8.84. The molecule has 1 fully saturated rings. The Hall–Kier alpha value is 0.0300. The van der Waals surface area contributed by atoms with Crippen molar-refractivity contribution in [2.75, 3.05) is 6.54 Å². The second kappa shape index (κ2) is 7.34. The van der Waals surface area contributed by atoms with Gasteiger partial charge in [0.2, 0.25) is 0 Å². The highest BCUT2D eigenvalue weighted by Crippen LogP contribution is 2.33. The third-order valence-electron chi connectivity index (χ3n) is 4.24. The van der Waals surface area contributed by atoms with Crippen molar-refractivity contribution in [3.8, 4) is 0 Å². The Labute approximate surface area is 137 Å². The Morgan fingerprint density at radius 1 is 1.40 bits per heavy atom. The van der Waals surface area contributed by atoms with Gasteiger partial charge in [0.15, 0.2) is 0 Å². The zero-order valence-corrected chi connectivity index (χ0v) is 15.0. The van der Waals surface area contributed by atoms with E-state index in [0.717, 1.165) is 46.2 Å². The van der Waals surface area contributed by atoms with Crippen LogP contribution in [0.3, 0.4) is 0 Å². The van der Waals surface area contributed by atoms with E-state index in [-0.39, 0.29) is 0 Å². The molecule has 0 amide bonds. The second-order valence-electron chi connectivity index (χ2n) is 5.76. The highest BCUT2D eigenvalue weighted by molar-refractivity contribution is 9.11. The minimum atomic E-state index is -0.534. The fourth-order valence-corrected chi connectivity index (χ4v) is 3.91. The molecule has 5 heteroatoms. The largest absolute Gasteiger partial charge is 0.389 e. The molecule has 20 heavy (non-hydrogen) atoms. The third-order valence-corrected chi connectivity index (χ3v) is 5.36. The quantitative estimate of drug-likeness (QED) is 0.777. The summed E-state index contributed by atoms with van der Waals surface area (Å²) in [5.41, 5.74) is 0.437. The Kier molecular flexibility index (Phi) is 6.02. The molecule has 1 aromatic heterocycles. The molecular weight excluding hydrogens is 384 g/mol. The highest BCUT2D eigenvalue weighted by atomic mass is 79.9. The maximum atomic E-state index is 10.6. The monoisotopic (exact) mass is 404 g/mol. The summed E-state index contributed by atoms with van der Waals surface area (Å²) in [5, 5.41) is 13.9. The molecule has 0 atom stereocenters. The topological polar surface area (TPSA) is 45.1 Å². The molecule has 0 spiro atoms. The van der Waals surface area contributed by atoms with E-state index in [1.54, 1.807) is 6.20 Å². The fraction of sp³-hybridized carbons (Fsp3) is 0.667. The van der Waals surface area contributed by atoms with E-state index in [0.29, 0.717) is 13.1 Å². The van der Waals surface area contributed by atoms with Crippen molar-refractivity contribution in [3.05, 3.63) is 26.9 Å². The van der Waals surface area contributed by atoms with Crippen LogP contribution in [0.5, 0.6) is 0 Å². The predicted octanol–water partition coefficient (Wildman–Crippen LogP) is 4.03. The van der Waals surface area contributed by atoms with Crippen molar-refractivity contribution in [1.82, 2.24) is 10.3 Å². The number of nitrogens with one attached hydrogen (secondary N) is 1. The average molecular weight is 406 g/mol. The molecule has 112 valence electrons. The molecule has 1 aromatic rings. The lowest BCUT2D eigenvalue weighted by atomic mass is 9.78.